The van der Waals surface area contributed by atoms with Gasteiger partial charge in [0.05, 0.1) is 7.11 Å². The molecule has 1 rings (SSSR count). The average molecular weight is 205 g/mol. The van der Waals surface area contributed by atoms with E-state index in [-0.39, 0.29) is 0 Å². The Morgan fingerprint density at radius 1 is 1.43 bits per heavy atom. The van der Waals surface area contributed by atoms with Crippen LogP contribution in [0.25, 0.3) is 0 Å². The van der Waals surface area contributed by atoms with Crippen LogP contribution < -0.4 is 5.32 Å². The first-order chi connectivity index (χ1) is 6.65. The van der Waals surface area contributed by atoms with E-state index in [1.807, 2.05) is 13.8 Å². The van der Waals surface area contributed by atoms with Crippen molar-refractivity contribution < 1.29 is 13.5 Å². The summed E-state index contributed by atoms with van der Waals surface area (Å²) < 4.78 is 29.2. The molecule has 1 heterocycles. The number of halogens is 2. The minimum absolute atomic E-state index is 0.604. The number of hydrogen-bond acceptors (Lipinski definition) is 2. The van der Waals surface area contributed by atoms with Gasteiger partial charge in [-0.15, -0.1) is 0 Å². The summed E-state index contributed by atoms with van der Waals surface area (Å²) in [6, 6.07) is -0.885. The van der Waals surface area contributed by atoms with Crippen molar-refractivity contribution in [3.05, 3.63) is 23.6 Å². The molecule has 0 radical (unpaired) electrons. The summed E-state index contributed by atoms with van der Waals surface area (Å²) in [5.74, 6) is 0.604. The molecular formula is C10H17F2NO. The van der Waals surface area contributed by atoms with Gasteiger partial charge < -0.3 is 10.1 Å². The maximum absolute atomic E-state index is 12.1. The third kappa shape index (κ3) is 3.36. The van der Waals surface area contributed by atoms with Crippen LogP contribution in [0.2, 0.25) is 0 Å². The van der Waals surface area contributed by atoms with Crippen LogP contribution in [0.4, 0.5) is 8.78 Å². The molecule has 0 aliphatic carbocycles. The highest BCUT2D eigenvalue weighted by Crippen LogP contribution is 2.17. The molecule has 4 heteroatoms. The Hall–Kier alpha value is -1.06. The first-order valence-electron chi connectivity index (χ1n) is 4.62. The fourth-order valence-corrected chi connectivity index (χ4v) is 1.05. The standard InChI is InChI=1S/C8H11F2NO.C2H6/c1-5-3-6(8(9)10)11-4-7(5)12-2;1-2/h3-4,6,8,11H,1-2H3;1-2H3. The zero-order valence-electron chi connectivity index (χ0n) is 8.97. The number of dihydropyridines is 1. The predicted molar refractivity (Wildman–Crippen MR) is 53.1 cm³/mol. The van der Waals surface area contributed by atoms with E-state index in [4.69, 9.17) is 4.74 Å². The predicted octanol–water partition coefficient (Wildman–Crippen LogP) is 2.68. The van der Waals surface area contributed by atoms with E-state index in [1.54, 1.807) is 6.92 Å². The monoisotopic (exact) mass is 205 g/mol. The lowest BCUT2D eigenvalue weighted by Crippen LogP contribution is -2.33. The van der Waals surface area contributed by atoms with Crippen molar-refractivity contribution in [2.75, 3.05) is 7.11 Å². The molecule has 0 bridgehead atoms. The molecule has 0 aromatic heterocycles. The van der Waals surface area contributed by atoms with E-state index >= 15 is 0 Å². The van der Waals surface area contributed by atoms with Crippen LogP contribution in [0.15, 0.2) is 23.6 Å². The number of alkyl halides is 2. The molecular weight excluding hydrogens is 188 g/mol. The third-order valence-electron chi connectivity index (χ3n) is 1.72. The second-order valence-corrected chi connectivity index (χ2v) is 2.59. The van der Waals surface area contributed by atoms with Crippen molar-refractivity contribution in [3.8, 4) is 0 Å². The second-order valence-electron chi connectivity index (χ2n) is 2.59. The lowest BCUT2D eigenvalue weighted by atomic mass is 10.1. The molecule has 0 amide bonds. The van der Waals surface area contributed by atoms with Crippen molar-refractivity contribution in [1.82, 2.24) is 5.32 Å². The van der Waals surface area contributed by atoms with Gasteiger partial charge in [0.25, 0.3) is 6.43 Å². The number of methoxy groups -OCH3 is 1. The van der Waals surface area contributed by atoms with Crippen molar-refractivity contribution in [3.63, 3.8) is 0 Å². The van der Waals surface area contributed by atoms with Gasteiger partial charge in [0, 0.05) is 6.20 Å². The van der Waals surface area contributed by atoms with Gasteiger partial charge in [-0.25, -0.2) is 8.78 Å². The number of allylic oxidation sites excluding steroid dienone is 1. The quantitative estimate of drug-likeness (QED) is 0.748. The van der Waals surface area contributed by atoms with Crippen molar-refractivity contribution in [2.45, 2.75) is 33.2 Å². The van der Waals surface area contributed by atoms with Crippen LogP contribution in [0.1, 0.15) is 20.8 Å². The maximum Gasteiger partial charge on any atom is 0.261 e. The highest BCUT2D eigenvalue weighted by molar-refractivity contribution is 5.29. The van der Waals surface area contributed by atoms with Gasteiger partial charge >= 0.3 is 0 Å². The lowest BCUT2D eigenvalue weighted by molar-refractivity contribution is 0.121. The van der Waals surface area contributed by atoms with Gasteiger partial charge in [-0.05, 0) is 12.5 Å². The molecule has 0 saturated carbocycles. The number of rotatable bonds is 2. The molecule has 1 aliphatic rings. The zero-order valence-corrected chi connectivity index (χ0v) is 8.97. The largest absolute Gasteiger partial charge is 0.495 e. The Bertz CT molecular complexity index is 224. The Labute approximate surface area is 83.6 Å². The fraction of sp³-hybridized carbons (Fsp3) is 0.600. The van der Waals surface area contributed by atoms with Gasteiger partial charge in [-0.2, -0.15) is 0 Å². The number of nitrogens with one attached hydrogen (secondary N) is 1. The van der Waals surface area contributed by atoms with Gasteiger partial charge in [0.15, 0.2) is 0 Å². The summed E-state index contributed by atoms with van der Waals surface area (Å²) in [5, 5.41) is 2.54. The molecule has 0 aromatic carbocycles. The van der Waals surface area contributed by atoms with Crippen molar-refractivity contribution >= 4 is 0 Å². The Kier molecular flexibility index (Phi) is 5.92. The van der Waals surface area contributed by atoms with Crippen LogP contribution in [-0.2, 0) is 4.74 Å². The average Bonchev–Trinajstić information content (AvgIpc) is 2.20. The van der Waals surface area contributed by atoms with Crippen molar-refractivity contribution in [1.29, 1.82) is 0 Å². The number of ether oxygens (including phenoxy) is 1. The van der Waals surface area contributed by atoms with Gasteiger partial charge in [-0.3, -0.25) is 0 Å². The molecule has 0 spiro atoms. The molecule has 1 atom stereocenters. The van der Waals surface area contributed by atoms with E-state index in [1.165, 1.54) is 19.4 Å². The smallest absolute Gasteiger partial charge is 0.261 e. The highest BCUT2D eigenvalue weighted by Gasteiger charge is 2.20. The molecule has 0 aromatic rings. The SMILES string of the molecule is CC.COC1=CNC(C(F)F)C=C1C. The summed E-state index contributed by atoms with van der Waals surface area (Å²) in [5.41, 5.74) is 0.738. The fourth-order valence-electron chi connectivity index (χ4n) is 1.05. The normalized spacial score (nSPS) is 20.1. The minimum Gasteiger partial charge on any atom is -0.495 e. The van der Waals surface area contributed by atoms with Crippen molar-refractivity contribution in [2.24, 2.45) is 0 Å². The molecule has 14 heavy (non-hydrogen) atoms. The van der Waals surface area contributed by atoms with Crippen LogP contribution in [0.5, 0.6) is 0 Å². The maximum atomic E-state index is 12.1. The summed E-state index contributed by atoms with van der Waals surface area (Å²) in [6.45, 7) is 5.74. The van der Waals surface area contributed by atoms with E-state index in [0.717, 1.165) is 5.57 Å². The summed E-state index contributed by atoms with van der Waals surface area (Å²) in [6.07, 6.45) is 0.546. The first kappa shape index (κ1) is 12.9. The molecule has 82 valence electrons. The zero-order chi connectivity index (χ0) is 11.1. The molecule has 1 N–H and O–H groups in total. The van der Waals surface area contributed by atoms with E-state index in [0.29, 0.717) is 5.76 Å². The molecule has 0 fully saturated rings. The van der Waals surface area contributed by atoms with Crippen LogP contribution in [0, 0.1) is 0 Å². The molecule has 1 aliphatic heterocycles. The Morgan fingerprint density at radius 3 is 2.36 bits per heavy atom. The second kappa shape index (κ2) is 6.40. The minimum atomic E-state index is -2.38. The van der Waals surface area contributed by atoms with E-state index < -0.39 is 12.5 Å². The van der Waals surface area contributed by atoms with Gasteiger partial charge in [0.1, 0.15) is 11.8 Å². The van der Waals surface area contributed by atoms with Gasteiger partial charge in [-0.1, -0.05) is 19.9 Å². The van der Waals surface area contributed by atoms with Gasteiger partial charge in [0.2, 0.25) is 0 Å². The summed E-state index contributed by atoms with van der Waals surface area (Å²) >= 11 is 0. The van der Waals surface area contributed by atoms with Crippen LogP contribution >= 0.6 is 0 Å². The lowest BCUT2D eigenvalue weighted by Gasteiger charge is -2.20. The Balaban J connectivity index is 0.000000791. The van der Waals surface area contributed by atoms with Crippen LogP contribution in [0.3, 0.4) is 0 Å². The molecule has 2 nitrogen and oxygen atoms in total. The Morgan fingerprint density at radius 2 is 2.00 bits per heavy atom. The molecule has 0 saturated heterocycles. The summed E-state index contributed by atoms with van der Waals surface area (Å²) in [7, 11) is 1.51. The summed E-state index contributed by atoms with van der Waals surface area (Å²) in [4.78, 5) is 0. The third-order valence-corrected chi connectivity index (χ3v) is 1.72. The topological polar surface area (TPSA) is 21.3 Å². The first-order valence-corrected chi connectivity index (χ1v) is 4.62. The van der Waals surface area contributed by atoms with Crippen LogP contribution in [-0.4, -0.2) is 19.6 Å². The molecule has 1 unspecified atom stereocenters. The number of hydrogen-bond donors (Lipinski definition) is 1. The van der Waals surface area contributed by atoms with E-state index in [2.05, 4.69) is 5.32 Å². The highest BCUT2D eigenvalue weighted by atomic mass is 19.3. The van der Waals surface area contributed by atoms with E-state index in [9.17, 15) is 8.78 Å².